The molecule has 1 aromatic heterocycles. The zero-order valence-corrected chi connectivity index (χ0v) is 15.1. The fourth-order valence-electron chi connectivity index (χ4n) is 2.61. The van der Waals surface area contributed by atoms with E-state index in [1.54, 1.807) is 18.2 Å². The van der Waals surface area contributed by atoms with Crippen LogP contribution in [0, 0.1) is 0 Å². The number of hydrogen-bond donors (Lipinski definition) is 2. The molecule has 0 saturated heterocycles. The predicted molar refractivity (Wildman–Crippen MR) is 112 cm³/mol. The summed E-state index contributed by atoms with van der Waals surface area (Å²) in [5, 5.41) is 18.3. The van der Waals surface area contributed by atoms with Crippen molar-refractivity contribution >= 4 is 11.4 Å². The average molecular weight is 355 g/mol. The third kappa shape index (κ3) is 4.70. The Morgan fingerprint density at radius 2 is 1.56 bits per heavy atom. The highest BCUT2D eigenvalue weighted by Crippen LogP contribution is 2.30. The number of aromatic hydroxyl groups is 1. The normalized spacial score (nSPS) is 19.7. The summed E-state index contributed by atoms with van der Waals surface area (Å²) in [5.74, 6) is 0.488. The number of rotatable bonds is 2. The van der Waals surface area contributed by atoms with E-state index in [0.717, 1.165) is 16.7 Å². The van der Waals surface area contributed by atoms with Gasteiger partial charge >= 0.3 is 0 Å². The lowest BCUT2D eigenvalue weighted by molar-refractivity contribution is 0.477. The van der Waals surface area contributed by atoms with Gasteiger partial charge in [0.2, 0.25) is 0 Å². The van der Waals surface area contributed by atoms with Crippen LogP contribution in [0.5, 0.6) is 5.75 Å². The van der Waals surface area contributed by atoms with E-state index in [0.29, 0.717) is 17.1 Å². The Hall–Kier alpha value is -3.66. The number of hydrogen-bond acceptors (Lipinski definition) is 4. The Bertz CT molecular complexity index is 1010. The molecule has 4 nitrogen and oxygen atoms in total. The van der Waals surface area contributed by atoms with Gasteiger partial charge in [0.25, 0.3) is 0 Å². The molecule has 0 spiro atoms. The SMILES string of the molecule is CC1=C\C=C/C=C\C=C(c2cc(-c3ccccc3O)nnc2N)/C=C\C=C1. The maximum Gasteiger partial charge on any atom is 0.154 e. The van der Waals surface area contributed by atoms with Gasteiger partial charge in [0.1, 0.15) is 5.75 Å². The van der Waals surface area contributed by atoms with Crippen LogP contribution in [0.3, 0.4) is 0 Å². The van der Waals surface area contributed by atoms with Crippen LogP contribution in [0.1, 0.15) is 12.5 Å². The maximum absolute atomic E-state index is 10.1. The summed E-state index contributed by atoms with van der Waals surface area (Å²) in [5.41, 5.74) is 10.1. The van der Waals surface area contributed by atoms with Gasteiger partial charge in [-0.1, -0.05) is 78.5 Å². The lowest BCUT2D eigenvalue weighted by atomic mass is 10.0. The monoisotopic (exact) mass is 355 g/mol. The molecule has 0 amide bonds. The minimum absolute atomic E-state index is 0.154. The van der Waals surface area contributed by atoms with E-state index in [2.05, 4.69) is 10.2 Å². The first kappa shape index (κ1) is 18.1. The van der Waals surface area contributed by atoms with Crippen molar-refractivity contribution in [1.82, 2.24) is 10.2 Å². The molecule has 0 saturated carbocycles. The van der Waals surface area contributed by atoms with Crippen LogP contribution in [0.15, 0.2) is 96.7 Å². The Labute approximate surface area is 159 Å². The molecule has 1 aliphatic carbocycles. The van der Waals surface area contributed by atoms with Crippen molar-refractivity contribution in [3.05, 3.63) is 102 Å². The standard InChI is InChI=1S/C23H21N3O/c1-17-10-4-2-3-5-12-18(13-7-6-11-17)20-16-21(25-26-23(20)24)19-14-8-9-15-22(19)27/h2-16,27H,1H3,(H2,24,26)/b3-2?,4-2-,5-3-,7-6?,10-4?,11-6?,12-5?,13-7-,17-10?,17-11?,18-12+,18-13?. The van der Waals surface area contributed by atoms with Crippen LogP contribution in [-0.2, 0) is 0 Å². The van der Waals surface area contributed by atoms with E-state index in [1.807, 2.05) is 79.8 Å². The predicted octanol–water partition coefficient (Wildman–Crippen LogP) is 5.00. The van der Waals surface area contributed by atoms with Crippen molar-refractivity contribution in [3.63, 3.8) is 0 Å². The molecular weight excluding hydrogens is 334 g/mol. The maximum atomic E-state index is 10.1. The fraction of sp³-hybridized carbons (Fsp3) is 0.0435. The number of phenols is 1. The molecule has 0 fully saturated rings. The first-order valence-corrected chi connectivity index (χ1v) is 8.64. The molecule has 3 rings (SSSR count). The van der Waals surface area contributed by atoms with E-state index in [1.165, 1.54) is 0 Å². The second-order valence-electron chi connectivity index (χ2n) is 6.07. The topological polar surface area (TPSA) is 72.0 Å². The van der Waals surface area contributed by atoms with Crippen molar-refractivity contribution < 1.29 is 5.11 Å². The molecular formula is C23H21N3O. The second-order valence-corrected chi connectivity index (χ2v) is 6.07. The van der Waals surface area contributed by atoms with Crippen LogP contribution in [0.25, 0.3) is 16.8 Å². The lowest BCUT2D eigenvalue weighted by Crippen LogP contribution is -2.00. The molecule has 1 aromatic carbocycles. The van der Waals surface area contributed by atoms with Crippen molar-refractivity contribution in [3.8, 4) is 17.0 Å². The van der Waals surface area contributed by atoms with E-state index in [9.17, 15) is 5.11 Å². The van der Waals surface area contributed by atoms with Crippen molar-refractivity contribution in [2.24, 2.45) is 0 Å². The Morgan fingerprint density at radius 1 is 0.815 bits per heavy atom. The van der Waals surface area contributed by atoms with Gasteiger partial charge in [-0.3, -0.25) is 0 Å². The molecule has 0 bridgehead atoms. The molecule has 27 heavy (non-hydrogen) atoms. The zero-order chi connectivity index (χ0) is 19.1. The number of phenolic OH excluding ortho intramolecular Hbond substituents is 1. The molecule has 3 N–H and O–H groups in total. The smallest absolute Gasteiger partial charge is 0.154 e. The molecule has 0 radical (unpaired) electrons. The summed E-state index contributed by atoms with van der Waals surface area (Å²) in [4.78, 5) is 0. The minimum Gasteiger partial charge on any atom is -0.507 e. The Balaban J connectivity index is 2.05. The highest BCUT2D eigenvalue weighted by atomic mass is 16.3. The van der Waals surface area contributed by atoms with E-state index >= 15 is 0 Å². The molecule has 1 heterocycles. The van der Waals surface area contributed by atoms with Crippen molar-refractivity contribution in [2.75, 3.05) is 5.73 Å². The number of nitrogen functional groups attached to an aromatic ring is 1. The largest absolute Gasteiger partial charge is 0.507 e. The van der Waals surface area contributed by atoms with E-state index in [-0.39, 0.29) is 5.75 Å². The van der Waals surface area contributed by atoms with Gasteiger partial charge in [-0.2, -0.15) is 0 Å². The third-order valence-corrected chi connectivity index (χ3v) is 4.03. The lowest BCUT2D eigenvalue weighted by Gasteiger charge is -2.09. The summed E-state index contributed by atoms with van der Waals surface area (Å²) in [6.07, 6.45) is 19.8. The number of nitrogens with two attached hydrogens (primary N) is 1. The average Bonchev–Trinajstić information content (AvgIpc) is 2.66. The van der Waals surface area contributed by atoms with Crippen LogP contribution in [0.4, 0.5) is 5.82 Å². The summed E-state index contributed by atoms with van der Waals surface area (Å²) in [7, 11) is 0. The molecule has 4 heteroatoms. The Morgan fingerprint density at radius 3 is 2.37 bits per heavy atom. The van der Waals surface area contributed by atoms with Crippen LogP contribution in [0.2, 0.25) is 0 Å². The molecule has 1 aliphatic rings. The number of aromatic nitrogens is 2. The number of benzene rings is 1. The third-order valence-electron chi connectivity index (χ3n) is 4.03. The first-order chi connectivity index (χ1) is 13.1. The number of anilines is 1. The minimum atomic E-state index is 0.154. The number of nitrogens with zero attached hydrogens (tertiary/aromatic N) is 2. The number of para-hydroxylation sites is 1. The highest BCUT2D eigenvalue weighted by molar-refractivity contribution is 5.83. The summed E-state index contributed by atoms with van der Waals surface area (Å²) in [6.45, 7) is 2.05. The second kappa shape index (κ2) is 8.63. The van der Waals surface area contributed by atoms with Gasteiger partial charge in [0.15, 0.2) is 5.82 Å². The van der Waals surface area contributed by atoms with E-state index < -0.39 is 0 Å². The zero-order valence-electron chi connectivity index (χ0n) is 15.1. The van der Waals surface area contributed by atoms with Gasteiger partial charge in [-0.15, -0.1) is 10.2 Å². The first-order valence-electron chi connectivity index (χ1n) is 8.64. The van der Waals surface area contributed by atoms with Gasteiger partial charge in [-0.05, 0) is 30.7 Å². The van der Waals surface area contributed by atoms with Crippen LogP contribution >= 0.6 is 0 Å². The molecule has 2 aromatic rings. The van der Waals surface area contributed by atoms with Crippen molar-refractivity contribution in [1.29, 1.82) is 0 Å². The van der Waals surface area contributed by atoms with Gasteiger partial charge < -0.3 is 10.8 Å². The Kier molecular flexibility index (Phi) is 5.80. The van der Waals surface area contributed by atoms with Crippen LogP contribution < -0.4 is 5.73 Å². The molecule has 134 valence electrons. The summed E-state index contributed by atoms with van der Waals surface area (Å²) < 4.78 is 0. The molecule has 0 aliphatic heterocycles. The summed E-state index contributed by atoms with van der Waals surface area (Å²) >= 11 is 0. The van der Waals surface area contributed by atoms with E-state index in [4.69, 9.17) is 5.73 Å². The highest BCUT2D eigenvalue weighted by Gasteiger charge is 2.11. The summed E-state index contributed by atoms with van der Waals surface area (Å²) in [6, 6.07) is 8.88. The van der Waals surface area contributed by atoms with Crippen LogP contribution in [-0.4, -0.2) is 15.3 Å². The molecule has 0 unspecified atom stereocenters. The quantitative estimate of drug-likeness (QED) is 0.795. The fourth-order valence-corrected chi connectivity index (χ4v) is 2.61. The van der Waals surface area contributed by atoms with Gasteiger partial charge in [0.05, 0.1) is 5.69 Å². The number of allylic oxidation sites excluding steroid dienone is 12. The van der Waals surface area contributed by atoms with Crippen molar-refractivity contribution in [2.45, 2.75) is 6.92 Å². The molecule has 0 atom stereocenters. The van der Waals surface area contributed by atoms with Gasteiger partial charge in [-0.25, -0.2) is 0 Å². The van der Waals surface area contributed by atoms with Gasteiger partial charge in [0, 0.05) is 11.1 Å².